The van der Waals surface area contributed by atoms with Crippen LogP contribution in [0.2, 0.25) is 0 Å². The second kappa shape index (κ2) is 4.97. The first-order chi connectivity index (χ1) is 8.48. The lowest BCUT2D eigenvalue weighted by molar-refractivity contribution is -0.138. The maximum atomic E-state index is 12.8. The number of benzene rings is 1. The molecule has 0 saturated heterocycles. The first-order valence-electron chi connectivity index (χ1n) is 5.23. The second-order valence-electron chi connectivity index (χ2n) is 3.85. The number of anilines is 1. The molecule has 0 fully saturated rings. The van der Waals surface area contributed by atoms with Gasteiger partial charge in [-0.15, -0.1) is 11.3 Å². The SMILES string of the molecule is CN(Cc1ccccc1C(F)(F)F)c1cncs1. The van der Waals surface area contributed by atoms with E-state index in [2.05, 4.69) is 4.98 Å². The number of rotatable bonds is 3. The Labute approximate surface area is 107 Å². The molecule has 2 rings (SSSR count). The van der Waals surface area contributed by atoms with E-state index in [9.17, 15) is 13.2 Å². The summed E-state index contributed by atoms with van der Waals surface area (Å²) in [4.78, 5) is 5.66. The van der Waals surface area contributed by atoms with Gasteiger partial charge in [-0.2, -0.15) is 13.2 Å². The number of nitrogens with zero attached hydrogens (tertiary/aromatic N) is 2. The Morgan fingerprint density at radius 1 is 1.28 bits per heavy atom. The number of thiazole rings is 1. The summed E-state index contributed by atoms with van der Waals surface area (Å²) in [5.74, 6) is 0. The molecule has 2 nitrogen and oxygen atoms in total. The monoisotopic (exact) mass is 272 g/mol. The summed E-state index contributed by atoms with van der Waals surface area (Å²) in [7, 11) is 1.75. The summed E-state index contributed by atoms with van der Waals surface area (Å²) in [5, 5.41) is 0.840. The molecule has 18 heavy (non-hydrogen) atoms. The van der Waals surface area contributed by atoms with Crippen molar-refractivity contribution in [3.63, 3.8) is 0 Å². The standard InChI is InChI=1S/C12H11F3N2S/c1-17(11-6-16-8-18-11)7-9-4-2-3-5-10(9)12(13,14)15/h2-6,8H,7H2,1H3. The fraction of sp³-hybridized carbons (Fsp3) is 0.250. The summed E-state index contributed by atoms with van der Waals surface area (Å²) in [5.41, 5.74) is 1.34. The van der Waals surface area contributed by atoms with Crippen molar-refractivity contribution < 1.29 is 13.2 Å². The van der Waals surface area contributed by atoms with Gasteiger partial charge < -0.3 is 4.90 Å². The summed E-state index contributed by atoms with van der Waals surface area (Å²) in [6.45, 7) is 0.206. The highest BCUT2D eigenvalue weighted by atomic mass is 32.1. The van der Waals surface area contributed by atoms with Crippen LogP contribution in [0.1, 0.15) is 11.1 Å². The van der Waals surface area contributed by atoms with Crippen LogP contribution in [0.25, 0.3) is 0 Å². The zero-order valence-corrected chi connectivity index (χ0v) is 10.4. The van der Waals surface area contributed by atoms with Crippen molar-refractivity contribution in [1.29, 1.82) is 0 Å². The van der Waals surface area contributed by atoms with Gasteiger partial charge in [-0.1, -0.05) is 18.2 Å². The molecule has 1 aromatic carbocycles. The summed E-state index contributed by atoms with van der Waals surface area (Å²) < 4.78 is 38.4. The zero-order chi connectivity index (χ0) is 13.2. The summed E-state index contributed by atoms with van der Waals surface area (Å²) >= 11 is 1.40. The molecule has 0 aliphatic rings. The van der Waals surface area contributed by atoms with E-state index >= 15 is 0 Å². The van der Waals surface area contributed by atoms with Crippen molar-refractivity contribution in [2.45, 2.75) is 12.7 Å². The minimum absolute atomic E-state index is 0.206. The van der Waals surface area contributed by atoms with Crippen molar-refractivity contribution in [1.82, 2.24) is 4.98 Å². The largest absolute Gasteiger partial charge is 0.416 e. The van der Waals surface area contributed by atoms with Crippen LogP contribution >= 0.6 is 11.3 Å². The third-order valence-electron chi connectivity index (χ3n) is 2.53. The maximum absolute atomic E-state index is 12.8. The van der Waals surface area contributed by atoms with Gasteiger partial charge in [0.1, 0.15) is 5.00 Å². The molecule has 0 atom stereocenters. The maximum Gasteiger partial charge on any atom is 0.416 e. The predicted octanol–water partition coefficient (Wildman–Crippen LogP) is 3.80. The second-order valence-corrected chi connectivity index (χ2v) is 4.72. The normalized spacial score (nSPS) is 11.6. The smallest absolute Gasteiger partial charge is 0.361 e. The molecule has 96 valence electrons. The first kappa shape index (κ1) is 12.9. The molecule has 0 amide bonds. The van der Waals surface area contributed by atoms with Gasteiger partial charge in [-0.3, -0.25) is 4.98 Å². The molecule has 0 unspecified atom stereocenters. The Morgan fingerprint density at radius 2 is 2.00 bits per heavy atom. The van der Waals surface area contributed by atoms with E-state index in [-0.39, 0.29) is 12.1 Å². The fourth-order valence-electron chi connectivity index (χ4n) is 1.67. The lowest BCUT2D eigenvalue weighted by Crippen LogP contribution is -2.19. The van der Waals surface area contributed by atoms with Gasteiger partial charge in [0.2, 0.25) is 0 Å². The molecule has 0 aliphatic heterocycles. The first-order valence-corrected chi connectivity index (χ1v) is 6.11. The summed E-state index contributed by atoms with van der Waals surface area (Å²) in [6, 6.07) is 5.63. The lowest BCUT2D eigenvalue weighted by Gasteiger charge is -2.19. The average Bonchev–Trinajstić information content (AvgIpc) is 2.81. The molecule has 2 aromatic rings. The molecular weight excluding hydrogens is 261 g/mol. The predicted molar refractivity (Wildman–Crippen MR) is 65.7 cm³/mol. The van der Waals surface area contributed by atoms with Gasteiger partial charge in [0.05, 0.1) is 17.3 Å². The molecule has 0 aliphatic carbocycles. The Kier molecular flexibility index (Phi) is 3.56. The van der Waals surface area contributed by atoms with Crippen LogP contribution < -0.4 is 4.90 Å². The van der Waals surface area contributed by atoms with Crippen LogP contribution in [0.3, 0.4) is 0 Å². The van der Waals surface area contributed by atoms with Crippen molar-refractivity contribution in [3.8, 4) is 0 Å². The van der Waals surface area contributed by atoms with Crippen LogP contribution in [0.15, 0.2) is 36.0 Å². The average molecular weight is 272 g/mol. The highest BCUT2D eigenvalue weighted by Crippen LogP contribution is 2.33. The Balaban J connectivity index is 2.24. The highest BCUT2D eigenvalue weighted by Gasteiger charge is 2.33. The van der Waals surface area contributed by atoms with Crippen molar-refractivity contribution in [2.75, 3.05) is 11.9 Å². The Morgan fingerprint density at radius 3 is 2.61 bits per heavy atom. The Hall–Kier alpha value is -1.56. The molecule has 0 saturated carbocycles. The molecular formula is C12H11F3N2S. The number of hydrogen-bond acceptors (Lipinski definition) is 3. The lowest BCUT2D eigenvalue weighted by atomic mass is 10.1. The third kappa shape index (κ3) is 2.81. The van der Waals surface area contributed by atoms with E-state index in [0.29, 0.717) is 0 Å². The fourth-order valence-corrected chi connectivity index (χ4v) is 2.26. The van der Waals surface area contributed by atoms with Gasteiger partial charge >= 0.3 is 6.18 Å². The van der Waals surface area contributed by atoms with Crippen molar-refractivity contribution >= 4 is 16.3 Å². The number of aromatic nitrogens is 1. The van der Waals surface area contributed by atoms with E-state index in [1.807, 2.05) is 0 Å². The molecule has 0 radical (unpaired) electrons. The van der Waals surface area contributed by atoms with E-state index in [1.165, 1.54) is 23.5 Å². The number of hydrogen-bond donors (Lipinski definition) is 0. The summed E-state index contributed by atoms with van der Waals surface area (Å²) in [6.07, 6.45) is -2.67. The van der Waals surface area contributed by atoms with Crippen LogP contribution in [-0.2, 0) is 12.7 Å². The molecule has 0 bridgehead atoms. The van der Waals surface area contributed by atoms with Crippen LogP contribution in [0, 0.1) is 0 Å². The zero-order valence-electron chi connectivity index (χ0n) is 9.61. The van der Waals surface area contributed by atoms with Gasteiger partial charge in [-0.25, -0.2) is 0 Å². The highest BCUT2D eigenvalue weighted by molar-refractivity contribution is 7.13. The van der Waals surface area contributed by atoms with Crippen LogP contribution in [-0.4, -0.2) is 12.0 Å². The van der Waals surface area contributed by atoms with Gasteiger partial charge in [0.15, 0.2) is 0 Å². The van der Waals surface area contributed by atoms with Crippen molar-refractivity contribution in [3.05, 3.63) is 47.1 Å². The van der Waals surface area contributed by atoms with Crippen molar-refractivity contribution in [2.24, 2.45) is 0 Å². The molecule has 0 spiro atoms. The van der Waals surface area contributed by atoms with Gasteiger partial charge in [0, 0.05) is 13.6 Å². The quantitative estimate of drug-likeness (QED) is 0.845. The molecule has 1 aromatic heterocycles. The molecule has 6 heteroatoms. The van der Waals surface area contributed by atoms with Crippen LogP contribution in [0.4, 0.5) is 18.2 Å². The minimum Gasteiger partial charge on any atom is -0.361 e. The van der Waals surface area contributed by atoms with Gasteiger partial charge in [0.25, 0.3) is 0 Å². The van der Waals surface area contributed by atoms with Crippen LogP contribution in [0.5, 0.6) is 0 Å². The van der Waals surface area contributed by atoms with E-state index < -0.39 is 11.7 Å². The number of halogens is 3. The van der Waals surface area contributed by atoms with E-state index in [1.54, 1.807) is 29.7 Å². The molecule has 1 heterocycles. The topological polar surface area (TPSA) is 16.1 Å². The van der Waals surface area contributed by atoms with Gasteiger partial charge in [-0.05, 0) is 11.6 Å². The van der Waals surface area contributed by atoms with E-state index in [0.717, 1.165) is 11.1 Å². The number of alkyl halides is 3. The van der Waals surface area contributed by atoms with E-state index in [4.69, 9.17) is 0 Å². The molecule has 0 N–H and O–H groups in total. The Bertz CT molecular complexity index is 508. The minimum atomic E-state index is -4.31. The third-order valence-corrected chi connectivity index (χ3v) is 3.41.